The van der Waals surface area contributed by atoms with Crippen molar-refractivity contribution in [2.45, 2.75) is 39.2 Å². The van der Waals surface area contributed by atoms with Gasteiger partial charge < -0.3 is 20.4 Å². The van der Waals surface area contributed by atoms with Gasteiger partial charge in [0.25, 0.3) is 0 Å². The number of anilines is 3. The third-order valence-corrected chi connectivity index (χ3v) is 6.38. The minimum atomic E-state index is -0.547. The van der Waals surface area contributed by atoms with Gasteiger partial charge in [-0.1, -0.05) is 25.1 Å². The van der Waals surface area contributed by atoms with Crippen LogP contribution in [0, 0.1) is 0 Å². The van der Waals surface area contributed by atoms with Gasteiger partial charge >= 0.3 is 0 Å². The van der Waals surface area contributed by atoms with Gasteiger partial charge in [0, 0.05) is 46.0 Å². The average molecular weight is 494 g/mol. The molecule has 1 aromatic carbocycles. The lowest BCUT2D eigenvalue weighted by atomic mass is 10.1. The first-order chi connectivity index (χ1) is 17.3. The largest absolute Gasteiger partial charge is 0.361 e. The van der Waals surface area contributed by atoms with E-state index in [-0.39, 0.29) is 11.8 Å². The second kappa shape index (κ2) is 13.0. The number of nitrogens with one attached hydrogen (secondary N) is 2. The van der Waals surface area contributed by atoms with Gasteiger partial charge in [-0.3, -0.25) is 19.5 Å². The number of hydrogen-bond acceptors (Lipinski definition) is 7. The van der Waals surface area contributed by atoms with E-state index >= 15 is 0 Å². The average Bonchev–Trinajstić information content (AvgIpc) is 2.84. The highest BCUT2D eigenvalue weighted by molar-refractivity contribution is 5.92. The number of nitrogens with zero attached hydrogens (tertiary/aromatic N) is 5. The molecule has 1 unspecified atom stereocenters. The first kappa shape index (κ1) is 27.1. The van der Waals surface area contributed by atoms with Crippen LogP contribution in [0.3, 0.4) is 0 Å². The summed E-state index contributed by atoms with van der Waals surface area (Å²) in [5, 5.41) is 6.27. The van der Waals surface area contributed by atoms with E-state index in [9.17, 15) is 9.59 Å². The van der Waals surface area contributed by atoms with Crippen LogP contribution < -0.4 is 15.5 Å². The zero-order chi connectivity index (χ0) is 26.1. The van der Waals surface area contributed by atoms with Crippen molar-refractivity contribution in [3.8, 4) is 0 Å². The first-order valence-corrected chi connectivity index (χ1v) is 12.6. The SMILES string of the molecule is CCc1ncc(Nc2cccc(CCNC(=O)C(C)N(C)C(=O)/C=C/CN3CCC3)c2)nc1N(C)C. The van der Waals surface area contributed by atoms with Crippen molar-refractivity contribution < 1.29 is 9.59 Å². The van der Waals surface area contributed by atoms with Gasteiger partial charge in [0.2, 0.25) is 11.8 Å². The third kappa shape index (κ3) is 7.52. The Balaban J connectivity index is 1.48. The number of likely N-dealkylation sites (tertiary alicyclic amines) is 1. The summed E-state index contributed by atoms with van der Waals surface area (Å²) in [5.74, 6) is 1.20. The van der Waals surface area contributed by atoms with Gasteiger partial charge in [0.15, 0.2) is 11.6 Å². The molecule has 9 heteroatoms. The fraction of sp³-hybridized carbons (Fsp3) is 0.481. The predicted molar refractivity (Wildman–Crippen MR) is 145 cm³/mol. The maximum atomic E-state index is 12.6. The number of carbonyl (C=O) groups excluding carboxylic acids is 2. The fourth-order valence-corrected chi connectivity index (χ4v) is 3.85. The topological polar surface area (TPSA) is 93.7 Å². The lowest BCUT2D eigenvalue weighted by molar-refractivity contribution is -0.135. The highest BCUT2D eigenvalue weighted by atomic mass is 16.2. The molecule has 194 valence electrons. The number of likely N-dealkylation sites (N-methyl/N-ethyl adjacent to an activating group) is 1. The van der Waals surface area contributed by atoms with Gasteiger partial charge in [-0.05, 0) is 57.0 Å². The number of amides is 2. The van der Waals surface area contributed by atoms with Crippen LogP contribution >= 0.6 is 0 Å². The smallest absolute Gasteiger partial charge is 0.246 e. The molecule has 2 aromatic rings. The molecular formula is C27H39N7O2. The summed E-state index contributed by atoms with van der Waals surface area (Å²) in [5.41, 5.74) is 2.95. The molecule has 2 heterocycles. The summed E-state index contributed by atoms with van der Waals surface area (Å²) in [4.78, 5) is 39.9. The highest BCUT2D eigenvalue weighted by Crippen LogP contribution is 2.20. The summed E-state index contributed by atoms with van der Waals surface area (Å²) in [6, 6.07) is 7.47. The van der Waals surface area contributed by atoms with Crippen LogP contribution in [0.25, 0.3) is 0 Å². The normalized spacial score (nSPS) is 14.2. The maximum absolute atomic E-state index is 12.6. The van der Waals surface area contributed by atoms with E-state index in [1.54, 1.807) is 26.2 Å². The van der Waals surface area contributed by atoms with Crippen LogP contribution in [0.15, 0.2) is 42.6 Å². The molecule has 3 rings (SSSR count). The highest BCUT2D eigenvalue weighted by Gasteiger charge is 2.21. The summed E-state index contributed by atoms with van der Waals surface area (Å²) < 4.78 is 0. The number of rotatable bonds is 12. The van der Waals surface area contributed by atoms with E-state index < -0.39 is 6.04 Å². The van der Waals surface area contributed by atoms with Crippen molar-refractivity contribution in [2.75, 3.05) is 57.5 Å². The standard InChI is InChI=1S/C27H39N7O2/c1-6-23-26(32(3)4)31-24(19-29-23)30-22-11-7-10-21(18-22)13-14-28-27(36)20(2)33(5)25(35)12-8-15-34-16-9-17-34/h7-8,10-12,18-20H,6,9,13-17H2,1-5H3,(H,28,36)(H,30,31)/b12-8+. The Kier molecular flexibility index (Phi) is 9.81. The molecule has 1 aliphatic heterocycles. The van der Waals surface area contributed by atoms with Crippen molar-refractivity contribution >= 4 is 29.1 Å². The molecule has 1 saturated heterocycles. The van der Waals surface area contributed by atoms with Crippen molar-refractivity contribution in [3.05, 3.63) is 53.9 Å². The Labute approximate surface area is 214 Å². The molecule has 1 aliphatic rings. The van der Waals surface area contributed by atoms with E-state index in [4.69, 9.17) is 4.98 Å². The van der Waals surface area contributed by atoms with E-state index in [1.165, 1.54) is 11.3 Å². The minimum Gasteiger partial charge on any atom is -0.361 e. The molecule has 0 bridgehead atoms. The second-order valence-corrected chi connectivity index (χ2v) is 9.32. The number of benzene rings is 1. The van der Waals surface area contributed by atoms with Gasteiger partial charge in [0.05, 0.1) is 11.9 Å². The monoisotopic (exact) mass is 493 g/mol. The van der Waals surface area contributed by atoms with Crippen molar-refractivity contribution in [1.82, 2.24) is 25.1 Å². The molecule has 9 nitrogen and oxygen atoms in total. The maximum Gasteiger partial charge on any atom is 0.246 e. The van der Waals surface area contributed by atoms with E-state index in [0.717, 1.165) is 48.8 Å². The molecule has 2 amide bonds. The van der Waals surface area contributed by atoms with Crippen LogP contribution in [-0.2, 0) is 22.4 Å². The van der Waals surface area contributed by atoms with Crippen molar-refractivity contribution in [1.29, 1.82) is 0 Å². The zero-order valence-corrected chi connectivity index (χ0v) is 22.1. The third-order valence-electron chi connectivity index (χ3n) is 6.38. The molecule has 0 radical (unpaired) electrons. The zero-order valence-electron chi connectivity index (χ0n) is 22.1. The van der Waals surface area contributed by atoms with Crippen LogP contribution in [0.2, 0.25) is 0 Å². The molecule has 0 aliphatic carbocycles. The van der Waals surface area contributed by atoms with Crippen LogP contribution in [0.4, 0.5) is 17.3 Å². The second-order valence-electron chi connectivity index (χ2n) is 9.32. The van der Waals surface area contributed by atoms with Crippen molar-refractivity contribution in [3.63, 3.8) is 0 Å². The van der Waals surface area contributed by atoms with Crippen LogP contribution in [0.1, 0.15) is 31.5 Å². The fourth-order valence-electron chi connectivity index (χ4n) is 3.85. The van der Waals surface area contributed by atoms with E-state index in [2.05, 4.69) is 27.4 Å². The Morgan fingerprint density at radius 2 is 2.00 bits per heavy atom. The van der Waals surface area contributed by atoms with E-state index in [0.29, 0.717) is 18.8 Å². The molecular weight excluding hydrogens is 454 g/mol. The molecule has 2 N–H and O–H groups in total. The Morgan fingerprint density at radius 3 is 2.67 bits per heavy atom. The number of aromatic nitrogens is 2. The summed E-state index contributed by atoms with van der Waals surface area (Å²) in [6.45, 7) is 7.24. The van der Waals surface area contributed by atoms with Crippen molar-refractivity contribution in [2.24, 2.45) is 0 Å². The minimum absolute atomic E-state index is 0.163. The first-order valence-electron chi connectivity index (χ1n) is 12.6. The van der Waals surface area contributed by atoms with Gasteiger partial charge in [0.1, 0.15) is 6.04 Å². The molecule has 0 saturated carbocycles. The van der Waals surface area contributed by atoms with Gasteiger partial charge in [-0.15, -0.1) is 0 Å². The Hall–Kier alpha value is -3.46. The predicted octanol–water partition coefficient (Wildman–Crippen LogP) is 2.62. The van der Waals surface area contributed by atoms with Crippen LogP contribution in [-0.4, -0.2) is 84.9 Å². The summed E-state index contributed by atoms with van der Waals surface area (Å²) in [6.07, 6.45) is 7.89. The molecule has 1 atom stereocenters. The number of carbonyl (C=O) groups is 2. The van der Waals surface area contributed by atoms with Crippen LogP contribution in [0.5, 0.6) is 0 Å². The lowest BCUT2D eigenvalue weighted by Crippen LogP contribution is -2.46. The quantitative estimate of drug-likeness (QED) is 0.439. The summed E-state index contributed by atoms with van der Waals surface area (Å²) in [7, 11) is 5.58. The molecule has 36 heavy (non-hydrogen) atoms. The number of hydrogen-bond donors (Lipinski definition) is 2. The summed E-state index contributed by atoms with van der Waals surface area (Å²) >= 11 is 0. The van der Waals surface area contributed by atoms with Gasteiger partial charge in [-0.2, -0.15) is 0 Å². The van der Waals surface area contributed by atoms with E-state index in [1.807, 2.05) is 49.3 Å². The Bertz CT molecular complexity index is 1070. The molecule has 1 fully saturated rings. The van der Waals surface area contributed by atoms with Gasteiger partial charge in [-0.25, -0.2) is 4.98 Å². The number of aryl methyl sites for hydroxylation is 1. The lowest BCUT2D eigenvalue weighted by Gasteiger charge is -2.29. The Morgan fingerprint density at radius 1 is 1.22 bits per heavy atom. The molecule has 1 aromatic heterocycles. The molecule has 0 spiro atoms.